The zero-order chi connectivity index (χ0) is 12.3. The summed E-state index contributed by atoms with van der Waals surface area (Å²) >= 11 is 4.22. The van der Waals surface area contributed by atoms with E-state index >= 15 is 0 Å². The van der Waals surface area contributed by atoms with Crippen LogP contribution in [0.4, 0.5) is 0 Å². The fraction of sp³-hybridized carbons (Fsp3) is 0.286. The third-order valence-electron chi connectivity index (χ3n) is 2.70. The maximum absolute atomic E-state index is 4.49. The molecule has 0 bridgehead atoms. The van der Waals surface area contributed by atoms with Gasteiger partial charge in [0.25, 0.3) is 0 Å². The molecule has 0 amide bonds. The molecule has 3 heteroatoms. The van der Waals surface area contributed by atoms with Gasteiger partial charge in [0.05, 0.1) is 11.4 Å². The van der Waals surface area contributed by atoms with E-state index in [1.165, 1.54) is 5.56 Å². The van der Waals surface area contributed by atoms with E-state index in [0.717, 1.165) is 29.2 Å². The van der Waals surface area contributed by atoms with Crippen molar-refractivity contribution in [2.45, 2.75) is 26.0 Å². The Balaban J connectivity index is 2.41. The Morgan fingerprint density at radius 3 is 2.41 bits per heavy atom. The van der Waals surface area contributed by atoms with Crippen LogP contribution in [0.2, 0.25) is 0 Å². The Kier molecular flexibility index (Phi) is 3.79. The fourth-order valence-corrected chi connectivity index (χ4v) is 1.90. The highest BCUT2D eigenvalue weighted by atomic mass is 32.1. The van der Waals surface area contributed by atoms with Crippen molar-refractivity contribution in [1.29, 1.82) is 0 Å². The van der Waals surface area contributed by atoms with Gasteiger partial charge in [0.1, 0.15) is 5.82 Å². The van der Waals surface area contributed by atoms with Crippen LogP contribution in [0, 0.1) is 6.92 Å². The zero-order valence-electron chi connectivity index (χ0n) is 10.1. The molecule has 2 nitrogen and oxygen atoms in total. The highest BCUT2D eigenvalue weighted by Crippen LogP contribution is 2.19. The van der Waals surface area contributed by atoms with Crippen molar-refractivity contribution in [2.75, 3.05) is 0 Å². The number of benzene rings is 1. The molecule has 0 aliphatic carbocycles. The summed E-state index contributed by atoms with van der Waals surface area (Å²) in [6, 6.07) is 10.5. The van der Waals surface area contributed by atoms with Crippen LogP contribution >= 0.6 is 12.6 Å². The molecule has 0 saturated carbocycles. The number of aryl methyl sites for hydroxylation is 2. The third kappa shape index (κ3) is 2.86. The van der Waals surface area contributed by atoms with E-state index in [4.69, 9.17) is 0 Å². The van der Waals surface area contributed by atoms with E-state index in [1.54, 1.807) is 0 Å². The van der Waals surface area contributed by atoms with Gasteiger partial charge in [-0.25, -0.2) is 9.97 Å². The van der Waals surface area contributed by atoms with Crippen molar-refractivity contribution in [1.82, 2.24) is 9.97 Å². The second kappa shape index (κ2) is 5.32. The van der Waals surface area contributed by atoms with E-state index in [0.29, 0.717) is 5.75 Å². The minimum atomic E-state index is 0.571. The largest absolute Gasteiger partial charge is 0.237 e. The van der Waals surface area contributed by atoms with Crippen molar-refractivity contribution in [3.63, 3.8) is 0 Å². The maximum atomic E-state index is 4.49. The zero-order valence-corrected chi connectivity index (χ0v) is 11.0. The Labute approximate surface area is 108 Å². The maximum Gasteiger partial charge on any atom is 0.138 e. The van der Waals surface area contributed by atoms with E-state index in [-0.39, 0.29) is 0 Å². The summed E-state index contributed by atoms with van der Waals surface area (Å²) < 4.78 is 0. The second-order valence-corrected chi connectivity index (χ2v) is 4.34. The van der Waals surface area contributed by atoms with E-state index in [1.807, 2.05) is 13.0 Å². The SMILES string of the molecule is CCc1ccc(-c2cc(C)nc(CS)n2)cc1. The molecule has 17 heavy (non-hydrogen) atoms. The van der Waals surface area contributed by atoms with Gasteiger partial charge in [-0.15, -0.1) is 0 Å². The van der Waals surface area contributed by atoms with Gasteiger partial charge in [0, 0.05) is 11.3 Å². The first kappa shape index (κ1) is 12.1. The Morgan fingerprint density at radius 1 is 1.12 bits per heavy atom. The first-order valence-electron chi connectivity index (χ1n) is 5.77. The minimum Gasteiger partial charge on any atom is -0.237 e. The fourth-order valence-electron chi connectivity index (χ4n) is 1.76. The van der Waals surface area contributed by atoms with Crippen molar-refractivity contribution < 1.29 is 0 Å². The molecule has 0 fully saturated rings. The van der Waals surface area contributed by atoms with Crippen molar-refractivity contribution in [2.24, 2.45) is 0 Å². The van der Waals surface area contributed by atoms with Gasteiger partial charge < -0.3 is 0 Å². The molecule has 0 radical (unpaired) electrons. The molecule has 0 unspecified atom stereocenters. The standard InChI is InChI=1S/C14H16N2S/c1-3-11-4-6-12(7-5-11)13-8-10(2)15-14(9-17)16-13/h4-8,17H,3,9H2,1-2H3. The van der Waals surface area contributed by atoms with Crippen LogP contribution in [-0.2, 0) is 12.2 Å². The Hall–Kier alpha value is -1.35. The van der Waals surface area contributed by atoms with Gasteiger partial charge in [-0.1, -0.05) is 31.2 Å². The van der Waals surface area contributed by atoms with Crippen LogP contribution in [0.25, 0.3) is 11.3 Å². The van der Waals surface area contributed by atoms with Gasteiger partial charge >= 0.3 is 0 Å². The van der Waals surface area contributed by atoms with Gasteiger partial charge in [-0.3, -0.25) is 0 Å². The lowest BCUT2D eigenvalue weighted by Crippen LogP contribution is -1.96. The molecule has 0 saturated heterocycles. The number of hydrogen-bond donors (Lipinski definition) is 1. The van der Waals surface area contributed by atoms with Crippen LogP contribution in [-0.4, -0.2) is 9.97 Å². The van der Waals surface area contributed by atoms with Crippen LogP contribution in [0.15, 0.2) is 30.3 Å². The molecule has 0 aliphatic heterocycles. The highest BCUT2D eigenvalue weighted by Gasteiger charge is 2.03. The molecule has 0 spiro atoms. The second-order valence-electron chi connectivity index (χ2n) is 4.02. The van der Waals surface area contributed by atoms with Crippen LogP contribution < -0.4 is 0 Å². The molecule has 1 aromatic carbocycles. The number of aromatic nitrogens is 2. The Morgan fingerprint density at radius 2 is 1.82 bits per heavy atom. The summed E-state index contributed by atoms with van der Waals surface area (Å²) in [5.41, 5.74) is 4.44. The number of hydrogen-bond acceptors (Lipinski definition) is 3. The molecule has 2 aromatic rings. The normalized spacial score (nSPS) is 10.5. The Bertz CT molecular complexity index is 506. The molecule has 0 atom stereocenters. The molecule has 0 aliphatic rings. The third-order valence-corrected chi connectivity index (χ3v) is 2.98. The molecule has 2 rings (SSSR count). The lowest BCUT2D eigenvalue weighted by atomic mass is 10.1. The van der Waals surface area contributed by atoms with Gasteiger partial charge in [-0.05, 0) is 25.0 Å². The molecule has 0 N–H and O–H groups in total. The van der Waals surface area contributed by atoms with Crippen LogP contribution in [0.1, 0.15) is 24.0 Å². The summed E-state index contributed by atoms with van der Waals surface area (Å²) in [4.78, 5) is 8.81. The number of nitrogens with zero attached hydrogens (tertiary/aromatic N) is 2. The lowest BCUT2D eigenvalue weighted by Gasteiger charge is -2.05. The van der Waals surface area contributed by atoms with Crippen molar-refractivity contribution in [3.05, 3.63) is 47.4 Å². The minimum absolute atomic E-state index is 0.571. The summed E-state index contributed by atoms with van der Waals surface area (Å²) in [6.45, 7) is 4.14. The summed E-state index contributed by atoms with van der Waals surface area (Å²) in [6.07, 6.45) is 1.06. The lowest BCUT2D eigenvalue weighted by molar-refractivity contribution is 1.00. The summed E-state index contributed by atoms with van der Waals surface area (Å²) in [5, 5.41) is 0. The highest BCUT2D eigenvalue weighted by molar-refractivity contribution is 7.79. The first-order valence-corrected chi connectivity index (χ1v) is 6.41. The average Bonchev–Trinajstić information content (AvgIpc) is 2.38. The smallest absolute Gasteiger partial charge is 0.138 e. The average molecular weight is 244 g/mol. The van der Waals surface area contributed by atoms with E-state index in [2.05, 4.69) is 53.8 Å². The quantitative estimate of drug-likeness (QED) is 0.837. The monoisotopic (exact) mass is 244 g/mol. The molecule has 1 heterocycles. The summed E-state index contributed by atoms with van der Waals surface area (Å²) in [5.74, 6) is 1.35. The topological polar surface area (TPSA) is 25.8 Å². The summed E-state index contributed by atoms with van der Waals surface area (Å²) in [7, 11) is 0. The van der Waals surface area contributed by atoms with Gasteiger partial charge in [-0.2, -0.15) is 12.6 Å². The van der Waals surface area contributed by atoms with Gasteiger partial charge in [0.2, 0.25) is 0 Å². The number of rotatable bonds is 3. The van der Waals surface area contributed by atoms with Crippen molar-refractivity contribution in [3.8, 4) is 11.3 Å². The molecule has 88 valence electrons. The predicted octanol–water partition coefficient (Wildman–Crippen LogP) is 3.44. The number of thiol groups is 1. The predicted molar refractivity (Wildman–Crippen MR) is 74.3 cm³/mol. The molecular weight excluding hydrogens is 228 g/mol. The van der Waals surface area contributed by atoms with Gasteiger partial charge in [0.15, 0.2) is 0 Å². The van der Waals surface area contributed by atoms with Crippen molar-refractivity contribution >= 4 is 12.6 Å². The van der Waals surface area contributed by atoms with E-state index in [9.17, 15) is 0 Å². The first-order chi connectivity index (χ1) is 8.22. The van der Waals surface area contributed by atoms with Crippen LogP contribution in [0.3, 0.4) is 0 Å². The molecular formula is C14H16N2S. The van der Waals surface area contributed by atoms with Crippen LogP contribution in [0.5, 0.6) is 0 Å². The molecule has 1 aromatic heterocycles. The van der Waals surface area contributed by atoms with E-state index < -0.39 is 0 Å².